The topological polar surface area (TPSA) is 81.8 Å². The highest BCUT2D eigenvalue weighted by atomic mass is 16.5. The molecule has 0 atom stereocenters. The molecule has 0 unspecified atom stereocenters. The highest BCUT2D eigenvalue weighted by molar-refractivity contribution is 5.96. The first kappa shape index (κ1) is 21.9. The van der Waals surface area contributed by atoms with Gasteiger partial charge in [0, 0.05) is 24.7 Å². The van der Waals surface area contributed by atoms with E-state index in [2.05, 4.69) is 20.8 Å². The number of hydrogen-bond donors (Lipinski definition) is 0. The third-order valence-electron chi connectivity index (χ3n) is 6.15. The SMILES string of the molecule is COC(=O)c1ccc(C(=O)N2CCC(n3c(=O)oc4ccc(C(C)(C)C)cc43)CC2)cc1. The highest BCUT2D eigenvalue weighted by Crippen LogP contribution is 2.30. The van der Waals surface area contributed by atoms with Crippen LogP contribution in [-0.4, -0.2) is 41.5 Å². The molecule has 1 fully saturated rings. The minimum absolute atomic E-state index is 0.0234. The molecule has 4 rings (SSSR count). The maximum absolute atomic E-state index is 12.9. The molecule has 7 heteroatoms. The van der Waals surface area contributed by atoms with Gasteiger partial charge in [-0.3, -0.25) is 9.36 Å². The van der Waals surface area contributed by atoms with Crippen LogP contribution in [0.2, 0.25) is 0 Å². The lowest BCUT2D eigenvalue weighted by molar-refractivity contribution is 0.0599. The maximum atomic E-state index is 12.9. The van der Waals surface area contributed by atoms with Gasteiger partial charge in [0.1, 0.15) is 0 Å². The summed E-state index contributed by atoms with van der Waals surface area (Å²) in [5, 5.41) is 0. The molecule has 2 heterocycles. The predicted octanol–water partition coefficient (Wildman–Crippen LogP) is 4.16. The summed E-state index contributed by atoms with van der Waals surface area (Å²) in [6, 6.07) is 12.4. The van der Waals surface area contributed by atoms with Crippen LogP contribution in [0, 0.1) is 0 Å². The van der Waals surface area contributed by atoms with Crippen molar-refractivity contribution in [2.24, 2.45) is 0 Å². The first-order valence-electron chi connectivity index (χ1n) is 10.8. The molecule has 7 nitrogen and oxygen atoms in total. The third kappa shape index (κ3) is 4.07. The van der Waals surface area contributed by atoms with E-state index in [9.17, 15) is 14.4 Å². The van der Waals surface area contributed by atoms with E-state index < -0.39 is 5.97 Å². The Morgan fingerprint density at radius 3 is 2.22 bits per heavy atom. The molecule has 0 aliphatic carbocycles. The molecule has 0 bridgehead atoms. The van der Waals surface area contributed by atoms with Crippen molar-refractivity contribution in [1.82, 2.24) is 9.47 Å². The summed E-state index contributed by atoms with van der Waals surface area (Å²) in [7, 11) is 1.32. The number of piperidine rings is 1. The second-order valence-corrected chi connectivity index (χ2v) is 9.26. The summed E-state index contributed by atoms with van der Waals surface area (Å²) < 4.78 is 11.9. The molecule has 2 aromatic carbocycles. The molecule has 1 aromatic heterocycles. The summed E-state index contributed by atoms with van der Waals surface area (Å²) in [5.74, 6) is -0.870. The molecule has 0 radical (unpaired) electrons. The lowest BCUT2D eigenvalue weighted by Crippen LogP contribution is -2.40. The summed E-state index contributed by atoms with van der Waals surface area (Å²) in [6.07, 6.45) is 1.33. The number of hydrogen-bond acceptors (Lipinski definition) is 5. The van der Waals surface area contributed by atoms with E-state index in [4.69, 9.17) is 9.15 Å². The Kier molecular flexibility index (Phi) is 5.67. The molecule has 1 aliphatic heterocycles. The van der Waals surface area contributed by atoms with Crippen molar-refractivity contribution in [3.05, 3.63) is 69.7 Å². The number of fused-ring (bicyclic) bond motifs is 1. The molecule has 0 saturated carbocycles. The van der Waals surface area contributed by atoms with Crippen LogP contribution in [0.15, 0.2) is 51.7 Å². The molecule has 3 aromatic rings. The van der Waals surface area contributed by atoms with Crippen LogP contribution in [-0.2, 0) is 10.2 Å². The molecule has 1 amide bonds. The predicted molar refractivity (Wildman–Crippen MR) is 121 cm³/mol. The monoisotopic (exact) mass is 436 g/mol. The van der Waals surface area contributed by atoms with Crippen molar-refractivity contribution in [2.45, 2.75) is 45.1 Å². The number of rotatable bonds is 3. The minimum Gasteiger partial charge on any atom is -0.465 e. The van der Waals surface area contributed by atoms with Crippen LogP contribution in [0.25, 0.3) is 11.1 Å². The zero-order valence-electron chi connectivity index (χ0n) is 18.9. The smallest absolute Gasteiger partial charge is 0.420 e. The van der Waals surface area contributed by atoms with Gasteiger partial charge < -0.3 is 14.1 Å². The Hall–Kier alpha value is -3.35. The summed E-state index contributed by atoms with van der Waals surface area (Å²) >= 11 is 0. The molecular formula is C25H28N2O5. The van der Waals surface area contributed by atoms with Gasteiger partial charge in [0.2, 0.25) is 0 Å². The van der Waals surface area contributed by atoms with Crippen molar-refractivity contribution in [1.29, 1.82) is 0 Å². The highest BCUT2D eigenvalue weighted by Gasteiger charge is 2.28. The quantitative estimate of drug-likeness (QED) is 0.576. The number of likely N-dealkylation sites (tertiary alicyclic amines) is 1. The number of ether oxygens (including phenoxy) is 1. The lowest BCUT2D eigenvalue weighted by atomic mass is 9.87. The van der Waals surface area contributed by atoms with Gasteiger partial charge in [-0.05, 0) is 60.2 Å². The van der Waals surface area contributed by atoms with Gasteiger partial charge in [0.05, 0.1) is 18.2 Å². The number of nitrogens with zero attached hydrogens (tertiary/aromatic N) is 2. The van der Waals surface area contributed by atoms with Crippen molar-refractivity contribution < 1.29 is 18.7 Å². The second kappa shape index (κ2) is 8.30. The molecular weight excluding hydrogens is 408 g/mol. The first-order chi connectivity index (χ1) is 15.2. The number of oxazole rings is 1. The zero-order valence-corrected chi connectivity index (χ0v) is 18.9. The van der Waals surface area contributed by atoms with Crippen LogP contribution in [0.3, 0.4) is 0 Å². The average molecular weight is 437 g/mol. The minimum atomic E-state index is -0.433. The van der Waals surface area contributed by atoms with Gasteiger partial charge in [-0.25, -0.2) is 9.59 Å². The van der Waals surface area contributed by atoms with E-state index in [1.807, 2.05) is 18.2 Å². The van der Waals surface area contributed by atoms with E-state index in [0.717, 1.165) is 11.1 Å². The largest absolute Gasteiger partial charge is 0.465 e. The number of aromatic nitrogens is 1. The Labute approximate surface area is 186 Å². The Morgan fingerprint density at radius 2 is 1.62 bits per heavy atom. The van der Waals surface area contributed by atoms with Crippen molar-refractivity contribution in [3.63, 3.8) is 0 Å². The Balaban J connectivity index is 1.51. The molecule has 0 spiro atoms. The van der Waals surface area contributed by atoms with Crippen LogP contribution in [0.1, 0.15) is 65.9 Å². The molecule has 0 N–H and O–H groups in total. The molecule has 32 heavy (non-hydrogen) atoms. The number of amides is 1. The van der Waals surface area contributed by atoms with E-state index in [1.165, 1.54) is 7.11 Å². The van der Waals surface area contributed by atoms with Gasteiger partial charge >= 0.3 is 11.7 Å². The fourth-order valence-electron chi connectivity index (χ4n) is 4.22. The van der Waals surface area contributed by atoms with Crippen LogP contribution in [0.4, 0.5) is 0 Å². The van der Waals surface area contributed by atoms with Gasteiger partial charge in [0.25, 0.3) is 5.91 Å². The van der Waals surface area contributed by atoms with Crippen LogP contribution in [0.5, 0.6) is 0 Å². The first-order valence-corrected chi connectivity index (χ1v) is 10.8. The van der Waals surface area contributed by atoms with Gasteiger partial charge in [-0.1, -0.05) is 26.8 Å². The van der Waals surface area contributed by atoms with Crippen molar-refractivity contribution in [3.8, 4) is 0 Å². The number of methoxy groups -OCH3 is 1. The summed E-state index contributed by atoms with van der Waals surface area (Å²) in [6.45, 7) is 7.50. The summed E-state index contributed by atoms with van der Waals surface area (Å²) in [5.41, 5.74) is 3.44. The normalized spacial score (nSPS) is 15.2. The number of benzene rings is 2. The summed E-state index contributed by atoms with van der Waals surface area (Å²) in [4.78, 5) is 38.9. The van der Waals surface area contributed by atoms with E-state index >= 15 is 0 Å². The third-order valence-corrected chi connectivity index (χ3v) is 6.15. The molecule has 168 valence electrons. The van der Waals surface area contributed by atoms with Crippen molar-refractivity contribution in [2.75, 3.05) is 20.2 Å². The number of carbonyl (C=O) groups is 2. The fourth-order valence-corrected chi connectivity index (χ4v) is 4.22. The van der Waals surface area contributed by atoms with Crippen molar-refractivity contribution >= 4 is 23.0 Å². The Bertz CT molecular complexity index is 1210. The fraction of sp³-hybridized carbons (Fsp3) is 0.400. The average Bonchev–Trinajstić information content (AvgIpc) is 3.12. The van der Waals surface area contributed by atoms with Crippen LogP contribution >= 0.6 is 0 Å². The Morgan fingerprint density at radius 1 is 1.00 bits per heavy atom. The molecule has 1 aliphatic rings. The second-order valence-electron chi connectivity index (χ2n) is 9.26. The number of carbonyl (C=O) groups excluding carboxylic acids is 2. The maximum Gasteiger partial charge on any atom is 0.420 e. The van der Waals surface area contributed by atoms with Gasteiger partial charge in [0.15, 0.2) is 5.58 Å². The lowest BCUT2D eigenvalue weighted by Gasteiger charge is -2.32. The molecule has 1 saturated heterocycles. The van der Waals surface area contributed by atoms with Crippen LogP contribution < -0.4 is 5.76 Å². The van der Waals surface area contributed by atoms with E-state index in [0.29, 0.717) is 42.6 Å². The van der Waals surface area contributed by atoms with Gasteiger partial charge in [-0.2, -0.15) is 0 Å². The van der Waals surface area contributed by atoms with Gasteiger partial charge in [-0.15, -0.1) is 0 Å². The number of esters is 1. The van der Waals surface area contributed by atoms with E-state index in [-0.39, 0.29) is 23.1 Å². The standard InChI is InChI=1S/C25H28N2O5/c1-25(2,3)18-9-10-21-20(15-18)27(24(30)32-21)19-11-13-26(14-12-19)22(28)16-5-7-17(8-6-16)23(29)31-4/h5-10,15,19H,11-14H2,1-4H3. The van der Waals surface area contributed by atoms with E-state index in [1.54, 1.807) is 33.7 Å². The zero-order chi connectivity index (χ0) is 23.0.